The van der Waals surface area contributed by atoms with Gasteiger partial charge < -0.3 is 10.1 Å². The number of aromatic nitrogens is 4. The van der Waals surface area contributed by atoms with Crippen LogP contribution in [-0.2, 0) is 0 Å². The fourth-order valence-corrected chi connectivity index (χ4v) is 2.15. The molecule has 3 rings (SSSR count). The smallest absolute Gasteiger partial charge is 0.173 e. The molecule has 3 heterocycles. The number of pyridine rings is 1. The average Bonchev–Trinajstić information content (AvgIpc) is 2.96. The molecule has 0 aromatic carbocycles. The Kier molecular flexibility index (Phi) is 3.28. The van der Waals surface area contributed by atoms with Crippen LogP contribution in [0.1, 0.15) is 5.69 Å². The lowest BCUT2D eigenvalue weighted by molar-refractivity contribution is 0.981. The van der Waals surface area contributed by atoms with E-state index in [9.17, 15) is 0 Å². The molecular weight excluding hydrogens is 292 g/mol. The van der Waals surface area contributed by atoms with E-state index in [0.717, 1.165) is 5.56 Å². The second-order valence-corrected chi connectivity index (χ2v) is 4.52. The fraction of sp³-hybridized carbons (Fsp3) is 0. The lowest BCUT2D eigenvalue weighted by atomic mass is 10.2. The zero-order valence-corrected chi connectivity index (χ0v) is 11.4. The molecule has 21 heavy (non-hydrogen) atoms. The van der Waals surface area contributed by atoms with Gasteiger partial charge in [-0.2, -0.15) is 5.53 Å². The van der Waals surface area contributed by atoms with Crippen molar-refractivity contribution in [1.29, 1.82) is 5.53 Å². The van der Waals surface area contributed by atoms with Crippen LogP contribution in [-0.4, -0.2) is 25.2 Å². The highest BCUT2D eigenvalue weighted by Crippen LogP contribution is 2.24. The number of nitrogens with two attached hydrogens (primary N) is 1. The molecule has 0 aliphatic carbocycles. The van der Waals surface area contributed by atoms with Crippen LogP contribution in [0.3, 0.4) is 0 Å². The Morgan fingerprint density at radius 3 is 2.95 bits per heavy atom. The molecule has 0 aliphatic rings. The van der Waals surface area contributed by atoms with Gasteiger partial charge >= 0.3 is 0 Å². The van der Waals surface area contributed by atoms with E-state index in [4.69, 9.17) is 22.9 Å². The number of imidazole rings is 1. The maximum absolute atomic E-state index is 6.69. The van der Waals surface area contributed by atoms with Crippen molar-refractivity contribution in [2.75, 3.05) is 0 Å². The Labute approximate surface area is 123 Å². The summed E-state index contributed by atoms with van der Waals surface area (Å²) in [5.41, 5.74) is 14.8. The third kappa shape index (κ3) is 2.43. The minimum atomic E-state index is 0.0449. The van der Waals surface area contributed by atoms with Gasteiger partial charge in [-0.25, -0.2) is 15.0 Å². The topological polar surface area (TPSA) is 118 Å². The molecule has 0 bridgehead atoms. The summed E-state index contributed by atoms with van der Waals surface area (Å²) in [6, 6.07) is 3.41. The second-order valence-electron chi connectivity index (χ2n) is 4.11. The van der Waals surface area contributed by atoms with Crippen molar-refractivity contribution >= 4 is 23.1 Å². The summed E-state index contributed by atoms with van der Waals surface area (Å²) in [6.45, 7) is 0. The molecule has 104 valence electrons. The predicted octanol–water partition coefficient (Wildman–Crippen LogP) is 2.10. The van der Waals surface area contributed by atoms with Gasteiger partial charge in [-0.15, -0.1) is 5.10 Å². The first kappa shape index (κ1) is 13.1. The number of nitrogens with one attached hydrogen (secondary N) is 1. The lowest BCUT2D eigenvalue weighted by Crippen LogP contribution is -2.14. The van der Waals surface area contributed by atoms with Crippen molar-refractivity contribution in [2.24, 2.45) is 16.1 Å². The molecule has 3 aromatic heterocycles. The molecule has 0 saturated carbocycles. The SMILES string of the molecule is N=NN=C(N)c1cc(-c2cc(Cl)c3nccn3c2)ncn1. The van der Waals surface area contributed by atoms with Gasteiger partial charge in [0.05, 0.1) is 10.7 Å². The van der Waals surface area contributed by atoms with Gasteiger partial charge in [-0.05, 0) is 12.1 Å². The number of hydrogen-bond donors (Lipinski definition) is 2. The molecule has 8 nitrogen and oxygen atoms in total. The van der Waals surface area contributed by atoms with E-state index in [2.05, 4.69) is 25.3 Å². The lowest BCUT2D eigenvalue weighted by Gasteiger charge is -2.05. The summed E-state index contributed by atoms with van der Waals surface area (Å²) >= 11 is 6.19. The summed E-state index contributed by atoms with van der Waals surface area (Å²) in [5, 5.41) is 6.84. The first-order valence-electron chi connectivity index (χ1n) is 5.84. The Morgan fingerprint density at radius 1 is 1.29 bits per heavy atom. The van der Waals surface area contributed by atoms with Gasteiger partial charge in [0, 0.05) is 24.2 Å². The quantitative estimate of drug-likeness (QED) is 0.333. The van der Waals surface area contributed by atoms with E-state index < -0.39 is 0 Å². The number of hydrogen-bond acceptors (Lipinski definition) is 5. The van der Waals surface area contributed by atoms with Crippen molar-refractivity contribution in [2.45, 2.75) is 0 Å². The zero-order valence-electron chi connectivity index (χ0n) is 10.6. The van der Waals surface area contributed by atoms with Crippen molar-refractivity contribution in [1.82, 2.24) is 19.4 Å². The first-order valence-corrected chi connectivity index (χ1v) is 6.21. The predicted molar refractivity (Wildman–Crippen MR) is 77.1 cm³/mol. The first-order chi connectivity index (χ1) is 10.2. The van der Waals surface area contributed by atoms with Gasteiger partial charge in [0.25, 0.3) is 0 Å². The van der Waals surface area contributed by atoms with Crippen molar-refractivity contribution in [3.63, 3.8) is 0 Å². The monoisotopic (exact) mass is 300 g/mol. The second kappa shape index (κ2) is 5.25. The molecule has 3 N–H and O–H groups in total. The van der Waals surface area contributed by atoms with E-state index in [0.29, 0.717) is 22.1 Å². The minimum Gasteiger partial charge on any atom is -0.380 e. The Hall–Kier alpha value is -2.87. The third-order valence-electron chi connectivity index (χ3n) is 2.83. The van der Waals surface area contributed by atoms with Crippen molar-refractivity contribution in [3.05, 3.63) is 47.8 Å². The molecule has 0 atom stereocenters. The molecule has 9 heteroatoms. The molecule has 0 amide bonds. The van der Waals surface area contributed by atoms with Crippen LogP contribution in [0, 0.1) is 5.53 Å². The molecule has 0 fully saturated rings. The normalized spacial score (nSPS) is 11.8. The Balaban J connectivity index is 2.12. The summed E-state index contributed by atoms with van der Waals surface area (Å²) in [5.74, 6) is 0.0449. The van der Waals surface area contributed by atoms with Gasteiger partial charge in [0.1, 0.15) is 12.0 Å². The van der Waals surface area contributed by atoms with Gasteiger partial charge in [-0.3, -0.25) is 0 Å². The fourth-order valence-electron chi connectivity index (χ4n) is 1.89. The van der Waals surface area contributed by atoms with Crippen LogP contribution in [0.5, 0.6) is 0 Å². The van der Waals surface area contributed by atoms with E-state index in [1.54, 1.807) is 28.9 Å². The van der Waals surface area contributed by atoms with E-state index >= 15 is 0 Å². The molecular formula is C12H9ClN8. The number of rotatable bonds is 3. The summed E-state index contributed by atoms with van der Waals surface area (Å²) in [7, 11) is 0. The van der Waals surface area contributed by atoms with Crippen LogP contribution in [0.25, 0.3) is 16.9 Å². The number of nitrogens with zero attached hydrogens (tertiary/aromatic N) is 6. The third-order valence-corrected chi connectivity index (χ3v) is 3.10. The van der Waals surface area contributed by atoms with Crippen molar-refractivity contribution in [3.8, 4) is 11.3 Å². The average molecular weight is 301 g/mol. The highest BCUT2D eigenvalue weighted by molar-refractivity contribution is 6.33. The number of amidine groups is 1. The van der Waals surface area contributed by atoms with E-state index in [1.165, 1.54) is 6.33 Å². The summed E-state index contributed by atoms with van der Waals surface area (Å²) in [4.78, 5) is 12.3. The Morgan fingerprint density at radius 2 is 2.14 bits per heavy atom. The summed E-state index contributed by atoms with van der Waals surface area (Å²) < 4.78 is 1.80. The van der Waals surface area contributed by atoms with Crippen LogP contribution in [0.4, 0.5) is 0 Å². The Bertz CT molecular complexity index is 853. The maximum Gasteiger partial charge on any atom is 0.173 e. The van der Waals surface area contributed by atoms with Gasteiger partial charge in [-0.1, -0.05) is 16.8 Å². The highest BCUT2D eigenvalue weighted by Gasteiger charge is 2.09. The maximum atomic E-state index is 6.69. The molecule has 0 unspecified atom stereocenters. The van der Waals surface area contributed by atoms with E-state index in [1.807, 2.05) is 6.20 Å². The van der Waals surface area contributed by atoms with Crippen LogP contribution < -0.4 is 5.73 Å². The highest BCUT2D eigenvalue weighted by atomic mass is 35.5. The molecule has 0 spiro atoms. The van der Waals surface area contributed by atoms with Crippen LogP contribution in [0.2, 0.25) is 5.02 Å². The molecule has 0 radical (unpaired) electrons. The van der Waals surface area contributed by atoms with Crippen LogP contribution >= 0.6 is 11.6 Å². The number of halogens is 1. The van der Waals surface area contributed by atoms with Gasteiger partial charge in [0.2, 0.25) is 0 Å². The molecule has 0 aliphatic heterocycles. The van der Waals surface area contributed by atoms with E-state index in [-0.39, 0.29) is 5.84 Å². The van der Waals surface area contributed by atoms with Crippen LogP contribution in [0.15, 0.2) is 47.4 Å². The van der Waals surface area contributed by atoms with Gasteiger partial charge in [0.15, 0.2) is 11.5 Å². The number of fused-ring (bicyclic) bond motifs is 1. The largest absolute Gasteiger partial charge is 0.380 e. The summed E-state index contributed by atoms with van der Waals surface area (Å²) in [6.07, 6.45) is 6.67. The zero-order chi connectivity index (χ0) is 14.8. The molecule has 3 aromatic rings. The standard InChI is InChI=1S/C12H9ClN8/c13-8-3-7(5-21-2-1-16-12(8)21)9-4-10(18-6-17-9)11(14)19-20-15/h1-6H,(H3,14,15,19). The minimum absolute atomic E-state index is 0.0449. The molecule has 0 saturated heterocycles. The van der Waals surface area contributed by atoms with Crippen molar-refractivity contribution < 1.29 is 0 Å².